The number of hydrogen-bond donors (Lipinski definition) is 1. The molecule has 0 aliphatic rings. The van der Waals surface area contributed by atoms with Crippen LogP contribution in [0.1, 0.15) is 37.4 Å². The van der Waals surface area contributed by atoms with Crippen LogP contribution in [-0.4, -0.2) is 7.11 Å². The minimum absolute atomic E-state index is 0. The summed E-state index contributed by atoms with van der Waals surface area (Å²) in [6, 6.07) is 3.28. The van der Waals surface area contributed by atoms with E-state index in [-0.39, 0.29) is 29.6 Å². The average molecular weight is 298 g/mol. The van der Waals surface area contributed by atoms with Gasteiger partial charge in [0, 0.05) is 6.04 Å². The van der Waals surface area contributed by atoms with Crippen LogP contribution in [0.3, 0.4) is 0 Å². The molecule has 2 nitrogen and oxygen atoms in total. The van der Waals surface area contributed by atoms with Crippen molar-refractivity contribution in [2.75, 3.05) is 7.11 Å². The van der Waals surface area contributed by atoms with Gasteiger partial charge in [-0.05, 0) is 30.0 Å². The van der Waals surface area contributed by atoms with Crippen LogP contribution in [0.4, 0.5) is 13.2 Å². The first-order chi connectivity index (χ1) is 8.25. The van der Waals surface area contributed by atoms with Gasteiger partial charge in [0.25, 0.3) is 0 Å². The van der Waals surface area contributed by atoms with E-state index in [0.717, 1.165) is 6.07 Å². The molecule has 110 valence electrons. The van der Waals surface area contributed by atoms with Crippen molar-refractivity contribution >= 4 is 12.4 Å². The molecule has 0 aliphatic heterocycles. The van der Waals surface area contributed by atoms with Crippen molar-refractivity contribution in [1.82, 2.24) is 0 Å². The molecule has 1 aromatic carbocycles. The molecule has 0 spiro atoms. The zero-order chi connectivity index (χ0) is 13.9. The fraction of sp³-hybridized carbons (Fsp3) is 0.538. The van der Waals surface area contributed by atoms with Gasteiger partial charge >= 0.3 is 6.18 Å². The van der Waals surface area contributed by atoms with Crippen molar-refractivity contribution in [2.24, 2.45) is 11.7 Å². The quantitative estimate of drug-likeness (QED) is 0.905. The lowest BCUT2D eigenvalue weighted by molar-refractivity contribution is -0.138. The van der Waals surface area contributed by atoms with Crippen LogP contribution in [0.15, 0.2) is 18.2 Å². The first-order valence-corrected chi connectivity index (χ1v) is 5.76. The van der Waals surface area contributed by atoms with Crippen molar-refractivity contribution in [2.45, 2.75) is 32.5 Å². The molecule has 0 saturated heterocycles. The molecule has 1 atom stereocenters. The van der Waals surface area contributed by atoms with E-state index in [0.29, 0.717) is 6.42 Å². The van der Waals surface area contributed by atoms with Crippen molar-refractivity contribution in [3.05, 3.63) is 29.3 Å². The molecule has 0 fully saturated rings. The summed E-state index contributed by atoms with van der Waals surface area (Å²) in [5.74, 6) is 0.422. The molecular formula is C13H19ClF3NO. The van der Waals surface area contributed by atoms with Crippen LogP contribution in [-0.2, 0) is 6.18 Å². The molecule has 0 bridgehead atoms. The summed E-state index contributed by atoms with van der Waals surface area (Å²) in [6.07, 6.45) is -3.91. The van der Waals surface area contributed by atoms with Gasteiger partial charge < -0.3 is 10.5 Å². The highest BCUT2D eigenvalue weighted by molar-refractivity contribution is 5.85. The Morgan fingerprint density at radius 1 is 1.26 bits per heavy atom. The smallest absolute Gasteiger partial charge is 0.416 e. The van der Waals surface area contributed by atoms with Crippen LogP contribution >= 0.6 is 12.4 Å². The molecule has 0 unspecified atom stereocenters. The number of methoxy groups -OCH3 is 1. The Kier molecular flexibility index (Phi) is 6.66. The Morgan fingerprint density at radius 2 is 1.84 bits per heavy atom. The maximum absolute atomic E-state index is 13.0. The third kappa shape index (κ3) is 4.91. The van der Waals surface area contributed by atoms with Gasteiger partial charge in [-0.2, -0.15) is 13.2 Å². The molecule has 0 heterocycles. The van der Waals surface area contributed by atoms with Crippen LogP contribution < -0.4 is 10.5 Å². The molecular weight excluding hydrogens is 279 g/mol. The number of nitrogens with two attached hydrogens (primary N) is 1. The van der Waals surface area contributed by atoms with E-state index >= 15 is 0 Å². The third-order valence-corrected chi connectivity index (χ3v) is 2.69. The average Bonchev–Trinajstić information content (AvgIpc) is 2.26. The molecule has 1 aromatic rings. The Bertz CT molecular complexity index is 407. The minimum atomic E-state index is -4.42. The lowest BCUT2D eigenvalue weighted by Crippen LogP contribution is -2.19. The molecule has 2 N–H and O–H groups in total. The van der Waals surface area contributed by atoms with Gasteiger partial charge in [-0.25, -0.2) is 0 Å². The van der Waals surface area contributed by atoms with Crippen molar-refractivity contribution in [3.8, 4) is 5.75 Å². The normalized spacial score (nSPS) is 13.1. The maximum atomic E-state index is 13.0. The molecule has 0 radical (unpaired) electrons. The standard InChI is InChI=1S/C13H18F3NO.ClH/c1-8(2)6-12(17)10-5-4-9(18-3)7-11(10)13(14,15)16;/h4-5,7-8,12H,6,17H2,1-3H3;1H/t12-;/m0./s1. The van der Waals surface area contributed by atoms with Gasteiger partial charge in [0.15, 0.2) is 0 Å². The highest BCUT2D eigenvalue weighted by Gasteiger charge is 2.35. The number of hydrogen-bond acceptors (Lipinski definition) is 2. The second kappa shape index (κ2) is 7.01. The van der Waals surface area contributed by atoms with E-state index in [9.17, 15) is 13.2 Å². The molecule has 1 rings (SSSR count). The summed E-state index contributed by atoms with van der Waals surface area (Å²) >= 11 is 0. The second-order valence-corrected chi connectivity index (χ2v) is 4.69. The van der Waals surface area contributed by atoms with E-state index < -0.39 is 17.8 Å². The lowest BCUT2D eigenvalue weighted by Gasteiger charge is -2.20. The number of rotatable bonds is 4. The number of halogens is 4. The zero-order valence-corrected chi connectivity index (χ0v) is 11.9. The molecule has 0 saturated carbocycles. The SMILES string of the molecule is COc1ccc([C@@H](N)CC(C)C)c(C(F)(F)F)c1.Cl. The minimum Gasteiger partial charge on any atom is -0.497 e. The first-order valence-electron chi connectivity index (χ1n) is 5.76. The van der Waals surface area contributed by atoms with Gasteiger partial charge in [0.2, 0.25) is 0 Å². The van der Waals surface area contributed by atoms with E-state index in [2.05, 4.69) is 0 Å². The summed E-state index contributed by atoms with van der Waals surface area (Å²) < 4.78 is 43.7. The second-order valence-electron chi connectivity index (χ2n) is 4.69. The molecule has 6 heteroatoms. The summed E-state index contributed by atoms with van der Waals surface area (Å²) in [5.41, 5.74) is 5.25. The van der Waals surface area contributed by atoms with Crippen LogP contribution in [0.25, 0.3) is 0 Å². The van der Waals surface area contributed by atoms with Crippen molar-refractivity contribution < 1.29 is 17.9 Å². The summed E-state index contributed by atoms with van der Waals surface area (Å²) in [6.45, 7) is 3.85. The van der Waals surface area contributed by atoms with Gasteiger partial charge in [-0.1, -0.05) is 19.9 Å². The molecule has 19 heavy (non-hydrogen) atoms. The Labute approximate surface area is 117 Å². The summed E-state index contributed by atoms with van der Waals surface area (Å²) in [5, 5.41) is 0. The highest BCUT2D eigenvalue weighted by atomic mass is 35.5. The Morgan fingerprint density at radius 3 is 2.26 bits per heavy atom. The predicted octanol–water partition coefficient (Wildman–Crippen LogP) is 4.18. The lowest BCUT2D eigenvalue weighted by atomic mass is 9.93. The number of ether oxygens (including phenoxy) is 1. The largest absolute Gasteiger partial charge is 0.497 e. The molecule has 0 aliphatic carbocycles. The van der Waals surface area contributed by atoms with E-state index in [4.69, 9.17) is 10.5 Å². The topological polar surface area (TPSA) is 35.2 Å². The van der Waals surface area contributed by atoms with Crippen molar-refractivity contribution in [1.29, 1.82) is 0 Å². The van der Waals surface area contributed by atoms with Crippen LogP contribution in [0.5, 0.6) is 5.75 Å². The fourth-order valence-electron chi connectivity index (χ4n) is 1.87. The Balaban J connectivity index is 0.00000324. The van der Waals surface area contributed by atoms with E-state index in [1.807, 2.05) is 13.8 Å². The van der Waals surface area contributed by atoms with Gasteiger partial charge in [-0.15, -0.1) is 12.4 Å². The third-order valence-electron chi connectivity index (χ3n) is 2.69. The van der Waals surface area contributed by atoms with Crippen molar-refractivity contribution in [3.63, 3.8) is 0 Å². The summed E-state index contributed by atoms with van der Waals surface area (Å²) in [7, 11) is 1.34. The van der Waals surface area contributed by atoms with Crippen LogP contribution in [0, 0.1) is 5.92 Å². The number of benzene rings is 1. The van der Waals surface area contributed by atoms with Gasteiger partial charge in [0.05, 0.1) is 12.7 Å². The monoisotopic (exact) mass is 297 g/mol. The Hall–Kier alpha value is -0.940. The van der Waals surface area contributed by atoms with Crippen LogP contribution in [0.2, 0.25) is 0 Å². The predicted molar refractivity (Wildman–Crippen MR) is 71.6 cm³/mol. The van der Waals surface area contributed by atoms with Gasteiger partial charge in [0.1, 0.15) is 5.75 Å². The van der Waals surface area contributed by atoms with Gasteiger partial charge in [-0.3, -0.25) is 0 Å². The summed E-state index contributed by atoms with van der Waals surface area (Å²) in [4.78, 5) is 0. The molecule has 0 aromatic heterocycles. The van der Waals surface area contributed by atoms with E-state index in [1.54, 1.807) is 0 Å². The fourth-order valence-corrected chi connectivity index (χ4v) is 1.87. The number of alkyl halides is 3. The molecule has 0 amide bonds. The van der Waals surface area contributed by atoms with E-state index in [1.165, 1.54) is 19.2 Å². The zero-order valence-electron chi connectivity index (χ0n) is 11.1. The first kappa shape index (κ1) is 18.1. The maximum Gasteiger partial charge on any atom is 0.416 e. The highest BCUT2D eigenvalue weighted by Crippen LogP contribution is 2.37.